The van der Waals surface area contributed by atoms with E-state index in [9.17, 15) is 9.59 Å². The number of para-hydroxylation sites is 3. The van der Waals surface area contributed by atoms with Crippen molar-refractivity contribution in [3.05, 3.63) is 100 Å². The number of ketones is 1. The first-order chi connectivity index (χ1) is 16.1. The van der Waals surface area contributed by atoms with E-state index in [1.165, 1.54) is 0 Å². The van der Waals surface area contributed by atoms with Gasteiger partial charge in [0, 0.05) is 33.8 Å². The molecule has 1 heterocycles. The third-order valence-electron chi connectivity index (χ3n) is 6.18. The van der Waals surface area contributed by atoms with Crippen LogP contribution in [-0.4, -0.2) is 18.8 Å². The van der Waals surface area contributed by atoms with Crippen molar-refractivity contribution in [2.45, 2.75) is 25.3 Å². The summed E-state index contributed by atoms with van der Waals surface area (Å²) >= 11 is 6.08. The molecule has 0 fully saturated rings. The molecule has 0 aromatic heterocycles. The second kappa shape index (κ2) is 8.75. The number of halogens is 1. The Labute approximate surface area is 197 Å². The van der Waals surface area contributed by atoms with E-state index in [-0.39, 0.29) is 11.7 Å². The molecule has 0 saturated carbocycles. The SMILES string of the molecule is COc1ccccc1[C@H]1C2=C(CCCC2=O)Nc2ccccc2N1C(=O)c1ccc(Cl)cc1. The van der Waals surface area contributed by atoms with Crippen LogP contribution in [0.3, 0.4) is 0 Å². The third-order valence-corrected chi connectivity index (χ3v) is 6.43. The van der Waals surface area contributed by atoms with Gasteiger partial charge in [0.15, 0.2) is 5.78 Å². The van der Waals surface area contributed by atoms with Crippen LogP contribution in [0.4, 0.5) is 11.4 Å². The fraction of sp³-hybridized carbons (Fsp3) is 0.185. The largest absolute Gasteiger partial charge is 0.496 e. The first-order valence-corrected chi connectivity index (χ1v) is 11.3. The number of hydrogen-bond donors (Lipinski definition) is 1. The van der Waals surface area contributed by atoms with Gasteiger partial charge in [-0.05, 0) is 55.3 Å². The van der Waals surface area contributed by atoms with Gasteiger partial charge >= 0.3 is 0 Å². The number of ether oxygens (including phenoxy) is 1. The molecular weight excluding hydrogens is 436 g/mol. The Bertz CT molecular complexity index is 1270. The lowest BCUT2D eigenvalue weighted by Crippen LogP contribution is -2.38. The minimum Gasteiger partial charge on any atom is -0.496 e. The number of nitrogens with one attached hydrogen (secondary N) is 1. The van der Waals surface area contributed by atoms with Crippen molar-refractivity contribution in [3.8, 4) is 5.75 Å². The molecule has 5 rings (SSSR count). The lowest BCUT2D eigenvalue weighted by Gasteiger charge is -2.34. The number of hydrogen-bond acceptors (Lipinski definition) is 4. The second-order valence-electron chi connectivity index (χ2n) is 8.14. The molecule has 2 aliphatic rings. The molecule has 0 radical (unpaired) electrons. The van der Waals surface area contributed by atoms with Crippen molar-refractivity contribution < 1.29 is 14.3 Å². The smallest absolute Gasteiger partial charge is 0.259 e. The summed E-state index contributed by atoms with van der Waals surface area (Å²) < 4.78 is 5.68. The van der Waals surface area contributed by atoms with Crippen LogP contribution in [-0.2, 0) is 4.79 Å². The summed E-state index contributed by atoms with van der Waals surface area (Å²) in [4.78, 5) is 29.2. The van der Waals surface area contributed by atoms with E-state index in [0.29, 0.717) is 34.0 Å². The Balaban J connectivity index is 1.80. The standard InChI is InChI=1S/C27H23ClN2O3/c1-33-24-12-5-2-7-19(24)26-25-21(9-6-11-23(25)31)29-20-8-3-4-10-22(20)30(26)27(32)17-13-15-18(28)16-14-17/h2-5,7-8,10,12-16,26,29H,6,9,11H2,1H3/t26-/m0/s1. The minimum absolute atomic E-state index is 0.0429. The number of methoxy groups -OCH3 is 1. The highest BCUT2D eigenvalue weighted by molar-refractivity contribution is 6.30. The molecule has 0 unspecified atom stereocenters. The molecule has 0 saturated heterocycles. The van der Waals surface area contributed by atoms with Crippen LogP contribution in [0, 0.1) is 0 Å². The highest BCUT2D eigenvalue weighted by Gasteiger charge is 2.40. The van der Waals surface area contributed by atoms with Gasteiger partial charge < -0.3 is 10.1 Å². The number of allylic oxidation sites excluding steroid dienone is 1. The van der Waals surface area contributed by atoms with Gasteiger partial charge in [0.2, 0.25) is 0 Å². The van der Waals surface area contributed by atoms with E-state index in [0.717, 1.165) is 29.8 Å². The highest BCUT2D eigenvalue weighted by Crippen LogP contribution is 2.47. The number of anilines is 2. The van der Waals surface area contributed by atoms with E-state index in [4.69, 9.17) is 16.3 Å². The quantitative estimate of drug-likeness (QED) is 0.510. The van der Waals surface area contributed by atoms with Crippen LogP contribution in [0.5, 0.6) is 5.75 Å². The Morgan fingerprint density at radius 3 is 2.52 bits per heavy atom. The Morgan fingerprint density at radius 1 is 1.00 bits per heavy atom. The molecule has 1 aliphatic carbocycles. The van der Waals surface area contributed by atoms with E-state index in [1.54, 1.807) is 36.3 Å². The zero-order chi connectivity index (χ0) is 22.9. The lowest BCUT2D eigenvalue weighted by molar-refractivity contribution is -0.116. The number of Topliss-reactive ketones (excluding diaryl/α,β-unsaturated/α-hetero) is 1. The summed E-state index contributed by atoms with van der Waals surface area (Å²) in [5, 5.41) is 4.03. The van der Waals surface area contributed by atoms with Crippen molar-refractivity contribution >= 4 is 34.7 Å². The topological polar surface area (TPSA) is 58.6 Å². The number of nitrogens with zero attached hydrogens (tertiary/aromatic N) is 1. The van der Waals surface area contributed by atoms with E-state index in [1.807, 2.05) is 48.5 Å². The van der Waals surface area contributed by atoms with Gasteiger partial charge in [-0.2, -0.15) is 0 Å². The van der Waals surface area contributed by atoms with Gasteiger partial charge in [-0.25, -0.2) is 0 Å². The Kier molecular flexibility index (Phi) is 5.65. The second-order valence-corrected chi connectivity index (χ2v) is 8.57. The predicted molar refractivity (Wildman–Crippen MR) is 130 cm³/mol. The van der Waals surface area contributed by atoms with E-state index >= 15 is 0 Å². The van der Waals surface area contributed by atoms with Crippen LogP contribution in [0.2, 0.25) is 5.02 Å². The maximum Gasteiger partial charge on any atom is 0.259 e. The maximum atomic E-state index is 14.1. The van der Waals surface area contributed by atoms with Crippen LogP contribution in [0.1, 0.15) is 41.2 Å². The molecule has 1 amide bonds. The molecule has 3 aromatic carbocycles. The van der Waals surface area contributed by atoms with Gasteiger partial charge in [-0.1, -0.05) is 41.9 Å². The summed E-state index contributed by atoms with van der Waals surface area (Å²) in [6.45, 7) is 0. The van der Waals surface area contributed by atoms with Gasteiger partial charge in [0.05, 0.1) is 24.5 Å². The molecule has 1 aliphatic heterocycles. The van der Waals surface area contributed by atoms with Crippen LogP contribution < -0.4 is 15.0 Å². The first kappa shape index (κ1) is 21.3. The number of carbonyl (C=O) groups excluding carboxylic acids is 2. The van der Waals surface area contributed by atoms with Crippen molar-refractivity contribution in [2.24, 2.45) is 0 Å². The molecule has 5 nitrogen and oxygen atoms in total. The predicted octanol–water partition coefficient (Wildman–Crippen LogP) is 6.17. The third kappa shape index (κ3) is 3.79. The Hall–Kier alpha value is -3.57. The Morgan fingerprint density at radius 2 is 1.73 bits per heavy atom. The van der Waals surface area contributed by atoms with Gasteiger partial charge in [-0.15, -0.1) is 0 Å². The molecule has 3 aromatic rings. The maximum absolute atomic E-state index is 14.1. The molecule has 1 N–H and O–H groups in total. The van der Waals surface area contributed by atoms with E-state index in [2.05, 4.69) is 5.32 Å². The minimum atomic E-state index is -0.636. The summed E-state index contributed by atoms with van der Waals surface area (Å²) in [6, 6.07) is 21.4. The normalized spacial score (nSPS) is 17.6. The number of fused-ring (bicyclic) bond motifs is 1. The average Bonchev–Trinajstić information content (AvgIpc) is 2.99. The summed E-state index contributed by atoms with van der Waals surface area (Å²) in [5.74, 6) is 0.450. The number of carbonyl (C=O) groups is 2. The lowest BCUT2D eigenvalue weighted by atomic mass is 9.85. The van der Waals surface area contributed by atoms with Crippen molar-refractivity contribution in [2.75, 3.05) is 17.3 Å². The zero-order valence-corrected chi connectivity index (χ0v) is 18.9. The number of rotatable bonds is 3. The summed E-state index contributed by atoms with van der Waals surface area (Å²) in [7, 11) is 1.60. The number of amides is 1. The molecule has 0 spiro atoms. The fourth-order valence-corrected chi connectivity index (χ4v) is 4.80. The van der Waals surface area contributed by atoms with Crippen LogP contribution in [0.25, 0.3) is 0 Å². The molecule has 1 atom stereocenters. The van der Waals surface area contributed by atoms with Crippen molar-refractivity contribution in [3.63, 3.8) is 0 Å². The molecule has 0 bridgehead atoms. The average molecular weight is 459 g/mol. The highest BCUT2D eigenvalue weighted by atomic mass is 35.5. The van der Waals surface area contributed by atoms with Crippen molar-refractivity contribution in [1.82, 2.24) is 0 Å². The van der Waals surface area contributed by atoms with Gasteiger partial charge in [-0.3, -0.25) is 14.5 Å². The number of benzene rings is 3. The summed E-state index contributed by atoms with van der Waals surface area (Å²) in [5.41, 5.74) is 4.23. The molecule has 6 heteroatoms. The first-order valence-electron chi connectivity index (χ1n) is 10.9. The monoisotopic (exact) mass is 458 g/mol. The van der Waals surface area contributed by atoms with Gasteiger partial charge in [0.25, 0.3) is 5.91 Å². The fourth-order valence-electron chi connectivity index (χ4n) is 4.68. The van der Waals surface area contributed by atoms with Gasteiger partial charge in [0.1, 0.15) is 5.75 Å². The van der Waals surface area contributed by atoms with Crippen LogP contribution >= 0.6 is 11.6 Å². The van der Waals surface area contributed by atoms with E-state index < -0.39 is 6.04 Å². The molecule has 166 valence electrons. The van der Waals surface area contributed by atoms with Crippen molar-refractivity contribution in [1.29, 1.82) is 0 Å². The van der Waals surface area contributed by atoms with Crippen LogP contribution in [0.15, 0.2) is 84.1 Å². The summed E-state index contributed by atoms with van der Waals surface area (Å²) in [6.07, 6.45) is 1.96. The zero-order valence-electron chi connectivity index (χ0n) is 18.2. The molecular formula is C27H23ClN2O3. The molecule has 33 heavy (non-hydrogen) atoms.